The molecule has 0 radical (unpaired) electrons. The molecule has 2 aliphatic heterocycles. The number of likely N-dealkylation sites (tertiary alicyclic amines) is 1. The van der Waals surface area contributed by atoms with Gasteiger partial charge in [-0.3, -0.25) is 0 Å². The quantitative estimate of drug-likeness (QED) is 0.704. The fourth-order valence-electron chi connectivity index (χ4n) is 8.91. The van der Waals surface area contributed by atoms with Crippen molar-refractivity contribution in [1.82, 2.24) is 4.90 Å². The number of methoxy groups -OCH3 is 2. The lowest BCUT2D eigenvalue weighted by molar-refractivity contribution is -0.309. The number of hydrogen-bond acceptors (Lipinski definition) is 6. The van der Waals surface area contributed by atoms with E-state index in [-0.39, 0.29) is 34.3 Å². The standard InChI is InChI=1S/C27H36N2O4/c1-23(2,3)24(4,30)18-14-25-9-10-27(18,32-6)22-26(25)11-12-29(15-28)19(25)13-16-7-8-17(31-5)21(33-22)20(16)26/h7-8,18-19,22,30H,9-14H2,1-6H3/t18?,19-,22-,24-,25-,26+,27-/m1/s1. The average molecular weight is 453 g/mol. The van der Waals surface area contributed by atoms with Crippen molar-refractivity contribution in [3.05, 3.63) is 23.3 Å². The van der Waals surface area contributed by atoms with Crippen LogP contribution in [0.25, 0.3) is 0 Å². The zero-order valence-corrected chi connectivity index (χ0v) is 20.7. The number of piperidine rings is 1. The zero-order chi connectivity index (χ0) is 23.6. The third-order valence-electron chi connectivity index (χ3n) is 10.9. The van der Waals surface area contributed by atoms with E-state index in [1.54, 1.807) is 14.2 Å². The predicted octanol–water partition coefficient (Wildman–Crippen LogP) is 3.79. The van der Waals surface area contributed by atoms with Gasteiger partial charge in [0.05, 0.1) is 12.7 Å². The Morgan fingerprint density at radius 1 is 1.18 bits per heavy atom. The lowest BCUT2D eigenvalue weighted by atomic mass is 9.33. The second-order valence-electron chi connectivity index (χ2n) is 12.3. The summed E-state index contributed by atoms with van der Waals surface area (Å²) in [5.41, 5.74) is 0.315. The molecule has 3 saturated carbocycles. The van der Waals surface area contributed by atoms with Crippen LogP contribution in [-0.4, -0.2) is 54.1 Å². The van der Waals surface area contributed by atoms with Crippen molar-refractivity contribution in [2.45, 2.75) is 88.6 Å². The Morgan fingerprint density at radius 3 is 2.58 bits per heavy atom. The first-order valence-corrected chi connectivity index (χ1v) is 12.3. The highest BCUT2D eigenvalue weighted by atomic mass is 16.6. The molecule has 1 aromatic carbocycles. The average Bonchev–Trinajstić information content (AvgIpc) is 3.15. The largest absolute Gasteiger partial charge is 0.493 e. The van der Waals surface area contributed by atoms with Crippen LogP contribution in [0.5, 0.6) is 11.5 Å². The molecule has 4 aliphatic carbocycles. The summed E-state index contributed by atoms with van der Waals surface area (Å²) in [6.07, 6.45) is 6.68. The molecule has 6 nitrogen and oxygen atoms in total. The summed E-state index contributed by atoms with van der Waals surface area (Å²) in [5.74, 6) is 1.54. The van der Waals surface area contributed by atoms with Crippen molar-refractivity contribution in [1.29, 1.82) is 5.26 Å². The van der Waals surface area contributed by atoms with E-state index in [9.17, 15) is 10.4 Å². The minimum Gasteiger partial charge on any atom is -0.493 e. The first kappa shape index (κ1) is 21.6. The van der Waals surface area contributed by atoms with Crippen LogP contribution in [0, 0.1) is 28.2 Å². The summed E-state index contributed by atoms with van der Waals surface area (Å²) < 4.78 is 19.3. The Balaban J connectivity index is 1.66. The van der Waals surface area contributed by atoms with Crippen LogP contribution in [0.3, 0.4) is 0 Å². The van der Waals surface area contributed by atoms with Crippen LogP contribution in [0.15, 0.2) is 12.1 Å². The van der Waals surface area contributed by atoms with E-state index in [1.807, 2.05) is 17.9 Å². The second-order valence-corrected chi connectivity index (χ2v) is 12.3. The van der Waals surface area contributed by atoms with Gasteiger partial charge < -0.3 is 24.2 Å². The smallest absolute Gasteiger partial charge is 0.179 e. The minimum atomic E-state index is -0.966. The Labute approximate surface area is 196 Å². The van der Waals surface area contributed by atoms with Gasteiger partial charge in [0.15, 0.2) is 17.7 Å². The monoisotopic (exact) mass is 452 g/mol. The molecule has 2 spiro atoms. The van der Waals surface area contributed by atoms with E-state index in [2.05, 4.69) is 33.0 Å². The number of rotatable bonds is 3. The number of benzene rings is 1. The molecule has 6 aliphatic rings. The lowest BCUT2D eigenvalue weighted by Gasteiger charge is -2.75. The predicted molar refractivity (Wildman–Crippen MR) is 123 cm³/mol. The molecule has 33 heavy (non-hydrogen) atoms. The molecule has 1 aromatic rings. The second kappa shape index (κ2) is 6.17. The lowest BCUT2D eigenvalue weighted by Crippen LogP contribution is -2.83. The van der Waals surface area contributed by atoms with Gasteiger partial charge in [-0.25, -0.2) is 0 Å². The molecule has 4 bridgehead atoms. The number of nitrogens with zero attached hydrogens (tertiary/aromatic N) is 2. The summed E-state index contributed by atoms with van der Waals surface area (Å²) in [4.78, 5) is 2.03. The van der Waals surface area contributed by atoms with E-state index in [0.717, 1.165) is 50.1 Å². The molecule has 1 N–H and O–H groups in total. The molecule has 0 amide bonds. The first-order valence-electron chi connectivity index (χ1n) is 12.3. The summed E-state index contributed by atoms with van der Waals surface area (Å²) >= 11 is 0. The maximum atomic E-state index is 12.1. The highest BCUT2D eigenvalue weighted by molar-refractivity contribution is 5.63. The molecule has 1 saturated heterocycles. The summed E-state index contributed by atoms with van der Waals surface area (Å²) in [6, 6.07) is 4.30. The van der Waals surface area contributed by atoms with Crippen LogP contribution >= 0.6 is 0 Å². The van der Waals surface area contributed by atoms with Crippen LogP contribution in [0.2, 0.25) is 0 Å². The molecule has 178 valence electrons. The van der Waals surface area contributed by atoms with Gasteiger partial charge in [-0.05, 0) is 56.1 Å². The van der Waals surface area contributed by atoms with Crippen LogP contribution < -0.4 is 9.47 Å². The van der Waals surface area contributed by atoms with Crippen molar-refractivity contribution >= 4 is 0 Å². The molecule has 6 heteroatoms. The molecule has 7 rings (SSSR count). The van der Waals surface area contributed by atoms with Crippen molar-refractivity contribution in [3.8, 4) is 17.7 Å². The summed E-state index contributed by atoms with van der Waals surface area (Å²) in [6.45, 7) is 9.05. The van der Waals surface area contributed by atoms with Crippen molar-refractivity contribution in [2.24, 2.45) is 16.7 Å². The van der Waals surface area contributed by atoms with E-state index in [0.29, 0.717) is 0 Å². The van der Waals surface area contributed by atoms with Crippen LogP contribution in [-0.2, 0) is 16.6 Å². The van der Waals surface area contributed by atoms with E-state index in [4.69, 9.17) is 14.2 Å². The number of ether oxygens (including phenoxy) is 3. The summed E-state index contributed by atoms with van der Waals surface area (Å²) in [5, 5.41) is 22.2. The highest BCUT2D eigenvalue weighted by Gasteiger charge is 2.82. The normalized spacial score (nSPS) is 41.6. The topological polar surface area (TPSA) is 75.0 Å². The molecule has 0 aromatic heterocycles. The Morgan fingerprint density at radius 2 is 1.94 bits per heavy atom. The third-order valence-corrected chi connectivity index (χ3v) is 10.9. The molecular formula is C27H36N2O4. The first-order chi connectivity index (χ1) is 15.5. The Bertz CT molecular complexity index is 1070. The minimum absolute atomic E-state index is 0.107. The number of nitriles is 1. The van der Waals surface area contributed by atoms with Gasteiger partial charge in [-0.15, -0.1) is 0 Å². The van der Waals surface area contributed by atoms with E-state index in [1.165, 1.54) is 11.1 Å². The van der Waals surface area contributed by atoms with Gasteiger partial charge in [-0.2, -0.15) is 5.26 Å². The molecule has 2 heterocycles. The van der Waals surface area contributed by atoms with Crippen molar-refractivity contribution in [3.63, 3.8) is 0 Å². The van der Waals surface area contributed by atoms with Gasteiger partial charge in [0.25, 0.3) is 0 Å². The van der Waals surface area contributed by atoms with Crippen LogP contribution in [0.4, 0.5) is 0 Å². The Hall–Kier alpha value is -1.97. The third kappa shape index (κ3) is 2.10. The number of hydrogen-bond donors (Lipinski definition) is 1. The molecule has 4 fully saturated rings. The van der Waals surface area contributed by atoms with E-state index >= 15 is 0 Å². The van der Waals surface area contributed by atoms with Crippen LogP contribution in [0.1, 0.15) is 64.5 Å². The maximum absolute atomic E-state index is 12.1. The fourth-order valence-corrected chi connectivity index (χ4v) is 8.91. The van der Waals surface area contributed by atoms with Gasteiger partial charge in [0.1, 0.15) is 11.7 Å². The molecule has 1 unspecified atom stereocenters. The van der Waals surface area contributed by atoms with Crippen molar-refractivity contribution < 1.29 is 19.3 Å². The van der Waals surface area contributed by atoms with Gasteiger partial charge >= 0.3 is 0 Å². The highest BCUT2D eigenvalue weighted by Crippen LogP contribution is 2.77. The number of aliphatic hydroxyl groups is 1. The number of fused-ring (bicyclic) bond motifs is 2. The molecular weight excluding hydrogens is 416 g/mol. The molecule has 7 atom stereocenters. The summed E-state index contributed by atoms with van der Waals surface area (Å²) in [7, 11) is 3.50. The fraction of sp³-hybridized carbons (Fsp3) is 0.741. The zero-order valence-electron chi connectivity index (χ0n) is 20.7. The van der Waals surface area contributed by atoms with Crippen molar-refractivity contribution in [2.75, 3.05) is 20.8 Å². The SMILES string of the molecule is COc1ccc2c3c1O[C@@H]1[C@]34CCN(C#N)[C@H](C2)[C@]42CC[C@@]1(OC)C([C@@](C)(O)C(C)(C)C)C2. The van der Waals surface area contributed by atoms with E-state index < -0.39 is 11.2 Å². The van der Waals surface area contributed by atoms with Gasteiger partial charge in [0.2, 0.25) is 0 Å². The Kier molecular flexibility index (Phi) is 4.03. The van der Waals surface area contributed by atoms with Gasteiger partial charge in [-0.1, -0.05) is 26.8 Å². The van der Waals surface area contributed by atoms with Gasteiger partial charge in [0, 0.05) is 42.0 Å². The maximum Gasteiger partial charge on any atom is 0.179 e.